The van der Waals surface area contributed by atoms with Crippen molar-refractivity contribution in [3.05, 3.63) is 24.2 Å². The van der Waals surface area contributed by atoms with Gasteiger partial charge in [-0.2, -0.15) is 0 Å². The van der Waals surface area contributed by atoms with Gasteiger partial charge in [0.15, 0.2) is 5.96 Å². The lowest BCUT2D eigenvalue weighted by molar-refractivity contribution is 0.187. The molecule has 2 aliphatic heterocycles. The van der Waals surface area contributed by atoms with E-state index in [-0.39, 0.29) is 0 Å². The van der Waals surface area contributed by atoms with Gasteiger partial charge in [-0.25, -0.2) is 0 Å². The summed E-state index contributed by atoms with van der Waals surface area (Å²) in [5.41, 5.74) is 0. The number of hydrogen-bond acceptors (Lipinski definition) is 4. The second kappa shape index (κ2) is 10.7. The Bertz CT molecular complexity index is 553. The third kappa shape index (κ3) is 6.85. The maximum absolute atomic E-state index is 5.48. The monoisotopic (exact) mass is 376 g/mol. The van der Waals surface area contributed by atoms with E-state index in [1.807, 2.05) is 12.1 Å². The Morgan fingerprint density at radius 3 is 3.00 bits per heavy atom. The number of nitrogens with one attached hydrogen (secondary N) is 2. The van der Waals surface area contributed by atoms with E-state index in [1.165, 1.54) is 25.9 Å². The average molecular weight is 377 g/mol. The summed E-state index contributed by atoms with van der Waals surface area (Å²) in [5, 5.41) is 7.08. The molecule has 2 atom stereocenters. The van der Waals surface area contributed by atoms with Crippen molar-refractivity contribution in [2.75, 3.05) is 45.9 Å². The van der Waals surface area contributed by atoms with Crippen molar-refractivity contribution >= 4 is 5.96 Å². The van der Waals surface area contributed by atoms with Crippen molar-refractivity contribution in [1.29, 1.82) is 0 Å². The van der Waals surface area contributed by atoms with Gasteiger partial charge in [-0.05, 0) is 43.9 Å². The van der Waals surface area contributed by atoms with Crippen molar-refractivity contribution in [2.45, 2.75) is 45.6 Å². The molecular weight excluding hydrogens is 340 g/mol. The molecule has 3 heterocycles. The van der Waals surface area contributed by atoms with Crippen molar-refractivity contribution in [3.63, 3.8) is 0 Å². The lowest BCUT2D eigenvalue weighted by Crippen LogP contribution is -2.46. The van der Waals surface area contributed by atoms with Crippen LogP contribution in [0.4, 0.5) is 0 Å². The lowest BCUT2D eigenvalue weighted by Gasteiger charge is -2.27. The van der Waals surface area contributed by atoms with Crippen LogP contribution in [0.5, 0.6) is 0 Å². The van der Waals surface area contributed by atoms with E-state index in [0.717, 1.165) is 57.4 Å². The van der Waals surface area contributed by atoms with E-state index >= 15 is 0 Å². The molecule has 1 aromatic heterocycles. The highest BCUT2D eigenvalue weighted by Gasteiger charge is 2.25. The molecule has 2 saturated heterocycles. The number of guanidine groups is 1. The molecule has 0 spiro atoms. The van der Waals surface area contributed by atoms with Crippen LogP contribution < -0.4 is 10.6 Å². The highest BCUT2D eigenvalue weighted by Crippen LogP contribution is 2.18. The fourth-order valence-electron chi connectivity index (χ4n) is 3.93. The van der Waals surface area contributed by atoms with Crippen LogP contribution >= 0.6 is 0 Å². The maximum atomic E-state index is 5.48. The first-order valence-electron chi connectivity index (χ1n) is 10.6. The standard InChI is InChI=1S/C21H36N4O2/c1-17(2)15-25-10-3-5-19(25)14-24-21(23-13-18-8-12-26-16-18)22-9-7-20-6-4-11-27-20/h4,6,11,17-19H,3,5,7-10,12-16H2,1-2H3,(H2,22,23,24)/t18?,19-/m1/s1. The number of likely N-dealkylation sites (tertiary alicyclic amines) is 1. The van der Waals surface area contributed by atoms with Crippen LogP contribution in [0.25, 0.3) is 0 Å². The Balaban J connectivity index is 1.49. The van der Waals surface area contributed by atoms with E-state index in [0.29, 0.717) is 17.9 Å². The Kier molecular flexibility index (Phi) is 8.02. The van der Waals surface area contributed by atoms with Gasteiger partial charge < -0.3 is 19.8 Å². The number of rotatable bonds is 9. The van der Waals surface area contributed by atoms with Crippen molar-refractivity contribution in [1.82, 2.24) is 15.5 Å². The molecular formula is C21H36N4O2. The van der Waals surface area contributed by atoms with Gasteiger partial charge in [-0.15, -0.1) is 0 Å². The summed E-state index contributed by atoms with van der Waals surface area (Å²) in [5.74, 6) is 3.19. The molecule has 27 heavy (non-hydrogen) atoms. The third-order valence-corrected chi connectivity index (χ3v) is 5.38. The molecule has 2 aliphatic rings. The zero-order valence-corrected chi connectivity index (χ0v) is 17.0. The van der Waals surface area contributed by atoms with Gasteiger partial charge in [0.05, 0.1) is 12.9 Å². The van der Waals surface area contributed by atoms with Gasteiger partial charge in [-0.1, -0.05) is 13.8 Å². The Morgan fingerprint density at radius 1 is 1.33 bits per heavy atom. The smallest absolute Gasteiger partial charge is 0.191 e. The molecule has 6 heteroatoms. The topological polar surface area (TPSA) is 62.0 Å². The van der Waals surface area contributed by atoms with E-state index in [9.17, 15) is 0 Å². The molecule has 0 saturated carbocycles. The summed E-state index contributed by atoms with van der Waals surface area (Å²) in [4.78, 5) is 7.46. The van der Waals surface area contributed by atoms with Crippen LogP contribution in [0.15, 0.2) is 27.8 Å². The first-order chi connectivity index (χ1) is 13.2. The summed E-state index contributed by atoms with van der Waals surface area (Å²) in [6.45, 7) is 11.3. The molecule has 3 rings (SSSR count). The molecule has 0 aromatic carbocycles. The van der Waals surface area contributed by atoms with Gasteiger partial charge >= 0.3 is 0 Å². The second-order valence-corrected chi connectivity index (χ2v) is 8.24. The zero-order valence-electron chi connectivity index (χ0n) is 17.0. The third-order valence-electron chi connectivity index (χ3n) is 5.38. The van der Waals surface area contributed by atoms with Crippen LogP contribution in [0, 0.1) is 11.8 Å². The summed E-state index contributed by atoms with van der Waals surface area (Å²) < 4.78 is 10.9. The minimum Gasteiger partial charge on any atom is -0.469 e. The SMILES string of the molecule is CC(C)CN1CCC[C@@H]1CNC(=NCC1CCOC1)NCCc1ccco1. The largest absolute Gasteiger partial charge is 0.469 e. The predicted molar refractivity (Wildman–Crippen MR) is 109 cm³/mol. The molecule has 1 aromatic rings. The van der Waals surface area contributed by atoms with Crippen molar-refractivity contribution in [3.8, 4) is 0 Å². The Labute approximate surface area is 163 Å². The highest BCUT2D eigenvalue weighted by atomic mass is 16.5. The number of ether oxygens (including phenoxy) is 1. The normalized spacial score (nSPS) is 24.0. The van der Waals surface area contributed by atoms with Gasteiger partial charge in [0.2, 0.25) is 0 Å². The summed E-state index contributed by atoms with van der Waals surface area (Å²) >= 11 is 0. The fourth-order valence-corrected chi connectivity index (χ4v) is 3.93. The summed E-state index contributed by atoms with van der Waals surface area (Å²) in [7, 11) is 0. The quantitative estimate of drug-likeness (QED) is 0.512. The molecule has 0 amide bonds. The number of hydrogen-bond donors (Lipinski definition) is 2. The molecule has 2 fully saturated rings. The molecule has 0 aliphatic carbocycles. The number of aliphatic imine (C=N–C) groups is 1. The van der Waals surface area contributed by atoms with Crippen molar-refractivity contribution < 1.29 is 9.15 Å². The van der Waals surface area contributed by atoms with Gasteiger partial charge in [0.25, 0.3) is 0 Å². The Morgan fingerprint density at radius 2 is 2.26 bits per heavy atom. The number of furan rings is 1. The molecule has 1 unspecified atom stereocenters. The number of nitrogens with zero attached hydrogens (tertiary/aromatic N) is 2. The van der Waals surface area contributed by atoms with Crippen LogP contribution in [0.2, 0.25) is 0 Å². The second-order valence-electron chi connectivity index (χ2n) is 8.24. The summed E-state index contributed by atoms with van der Waals surface area (Å²) in [6.07, 6.45) is 6.29. The lowest BCUT2D eigenvalue weighted by atomic mass is 10.1. The average Bonchev–Trinajstić information content (AvgIpc) is 3.39. The molecule has 6 nitrogen and oxygen atoms in total. The molecule has 152 valence electrons. The van der Waals surface area contributed by atoms with Crippen LogP contribution in [-0.4, -0.2) is 62.8 Å². The van der Waals surface area contributed by atoms with E-state index < -0.39 is 0 Å². The minimum atomic E-state index is 0.553. The van der Waals surface area contributed by atoms with Gasteiger partial charge in [0.1, 0.15) is 5.76 Å². The summed E-state index contributed by atoms with van der Waals surface area (Å²) in [6, 6.07) is 4.57. The predicted octanol–water partition coefficient (Wildman–Crippen LogP) is 2.51. The van der Waals surface area contributed by atoms with Crippen molar-refractivity contribution in [2.24, 2.45) is 16.8 Å². The van der Waals surface area contributed by atoms with Gasteiger partial charge in [-0.3, -0.25) is 9.89 Å². The van der Waals surface area contributed by atoms with Crippen LogP contribution in [0.3, 0.4) is 0 Å². The minimum absolute atomic E-state index is 0.553. The van der Waals surface area contributed by atoms with Crippen LogP contribution in [-0.2, 0) is 11.2 Å². The first-order valence-corrected chi connectivity index (χ1v) is 10.6. The maximum Gasteiger partial charge on any atom is 0.191 e. The van der Waals surface area contributed by atoms with Gasteiger partial charge in [0, 0.05) is 51.2 Å². The molecule has 2 N–H and O–H groups in total. The molecule has 0 radical (unpaired) electrons. The zero-order chi connectivity index (χ0) is 18.9. The fraction of sp³-hybridized carbons (Fsp3) is 0.762. The highest BCUT2D eigenvalue weighted by molar-refractivity contribution is 5.79. The molecule has 0 bridgehead atoms. The first kappa shape index (κ1) is 20.2. The van der Waals surface area contributed by atoms with E-state index in [2.05, 4.69) is 29.4 Å². The van der Waals surface area contributed by atoms with E-state index in [1.54, 1.807) is 6.26 Å². The van der Waals surface area contributed by atoms with E-state index in [4.69, 9.17) is 14.1 Å². The van der Waals surface area contributed by atoms with Crippen LogP contribution in [0.1, 0.15) is 38.9 Å². The Hall–Kier alpha value is -1.53.